The lowest BCUT2D eigenvalue weighted by atomic mass is 10.2. The van der Waals surface area contributed by atoms with Gasteiger partial charge in [-0.05, 0) is 11.7 Å². The molecular weight excluding hydrogens is 310 g/mol. The van der Waals surface area contributed by atoms with Crippen molar-refractivity contribution < 1.29 is 38.3 Å². The maximum absolute atomic E-state index is 12.2. The van der Waals surface area contributed by atoms with Gasteiger partial charge in [0.05, 0.1) is 28.4 Å². The second kappa shape index (κ2) is 10.5. The van der Waals surface area contributed by atoms with Crippen LogP contribution >= 0.6 is 0 Å². The molecule has 0 spiro atoms. The zero-order valence-electron chi connectivity index (χ0n) is 13.9. The Morgan fingerprint density at radius 1 is 1.18 bits per heavy atom. The molecule has 0 radical (unpaired) electrons. The molecule has 0 aromatic carbocycles. The van der Waals surface area contributed by atoms with E-state index >= 15 is 0 Å². The summed E-state index contributed by atoms with van der Waals surface area (Å²) in [5.41, 5.74) is 1.75. The second-order valence-electron chi connectivity index (χ2n) is 4.26. The summed E-state index contributed by atoms with van der Waals surface area (Å²) in [6.07, 6.45) is -0.264. The Kier molecular flexibility index (Phi) is 9.86. The molecule has 0 aromatic rings. The summed E-state index contributed by atoms with van der Waals surface area (Å²) in [7, 11) is 4.20. The zero-order chi connectivity index (χ0) is 17.2. The number of ether oxygens (including phenoxy) is 3. The Morgan fingerprint density at radius 3 is 2.14 bits per heavy atom. The minimum atomic E-state index is -1.07. The Morgan fingerprint density at radius 2 is 1.77 bits per heavy atom. The van der Waals surface area contributed by atoms with Crippen LogP contribution in [0.1, 0.15) is 13.3 Å². The van der Waals surface area contributed by atoms with Crippen LogP contribution in [0.25, 0.3) is 0 Å². The first-order chi connectivity index (χ1) is 10.5. The molecule has 128 valence electrons. The van der Waals surface area contributed by atoms with Gasteiger partial charge in [0.1, 0.15) is 6.42 Å². The number of hydrogen-bond donors (Lipinski definition) is 0. The Bertz CT molecular complexity index is 373. The van der Waals surface area contributed by atoms with Gasteiger partial charge in [0.15, 0.2) is 9.52 Å². The lowest BCUT2D eigenvalue weighted by Gasteiger charge is -2.39. The maximum Gasteiger partial charge on any atom is 0.371 e. The highest BCUT2D eigenvalue weighted by Gasteiger charge is 2.54. The number of esters is 2. The van der Waals surface area contributed by atoms with Gasteiger partial charge in [-0.15, -0.1) is 6.58 Å². The van der Waals surface area contributed by atoms with E-state index < -0.39 is 38.2 Å². The SMILES string of the molecule is C=C[SiH2]C(OCC)[N+](OC)(OC)C(CC(=O)OC)C(=O)OC. The fraction of sp³-hybridized carbons (Fsp3) is 0.692. The second-order valence-corrected chi connectivity index (χ2v) is 6.01. The summed E-state index contributed by atoms with van der Waals surface area (Å²) in [6, 6.07) is -1.07. The van der Waals surface area contributed by atoms with Gasteiger partial charge in [-0.3, -0.25) is 4.79 Å². The monoisotopic (exact) mass is 336 g/mol. The lowest BCUT2D eigenvalue weighted by molar-refractivity contribution is -1.27. The Labute approximate surface area is 133 Å². The third kappa shape index (κ3) is 4.89. The minimum absolute atomic E-state index is 0.264. The molecule has 0 aliphatic carbocycles. The van der Waals surface area contributed by atoms with Crippen LogP contribution in [0.3, 0.4) is 0 Å². The number of methoxy groups -OCH3 is 2. The van der Waals surface area contributed by atoms with Gasteiger partial charge in [0, 0.05) is 6.61 Å². The van der Waals surface area contributed by atoms with Crippen LogP contribution in [-0.2, 0) is 33.5 Å². The highest BCUT2D eigenvalue weighted by Crippen LogP contribution is 2.25. The number of nitrogens with zero attached hydrogens (tertiary/aromatic N) is 1. The van der Waals surface area contributed by atoms with Crippen molar-refractivity contribution in [3.8, 4) is 0 Å². The maximum atomic E-state index is 12.2. The van der Waals surface area contributed by atoms with Crippen molar-refractivity contribution in [2.24, 2.45) is 0 Å². The summed E-state index contributed by atoms with van der Waals surface area (Å²) >= 11 is 0. The van der Waals surface area contributed by atoms with E-state index in [4.69, 9.17) is 19.1 Å². The van der Waals surface area contributed by atoms with Gasteiger partial charge in [-0.25, -0.2) is 4.79 Å². The Balaban J connectivity index is 5.78. The van der Waals surface area contributed by atoms with Crippen LogP contribution in [0.5, 0.6) is 0 Å². The third-order valence-electron chi connectivity index (χ3n) is 3.19. The molecule has 0 fully saturated rings. The van der Waals surface area contributed by atoms with Gasteiger partial charge in [0.2, 0.25) is 5.85 Å². The first-order valence-corrected chi connectivity index (χ1v) is 8.47. The van der Waals surface area contributed by atoms with E-state index in [1.165, 1.54) is 28.4 Å². The molecule has 0 bridgehead atoms. The fourth-order valence-electron chi connectivity index (χ4n) is 2.15. The molecule has 0 rings (SSSR count). The van der Waals surface area contributed by atoms with E-state index in [1.807, 2.05) is 6.92 Å². The van der Waals surface area contributed by atoms with Crippen LogP contribution in [0, 0.1) is 0 Å². The van der Waals surface area contributed by atoms with Crippen LogP contribution in [0.2, 0.25) is 0 Å². The van der Waals surface area contributed by atoms with E-state index in [0.29, 0.717) is 6.61 Å². The summed E-state index contributed by atoms with van der Waals surface area (Å²) in [4.78, 5) is 34.1. The van der Waals surface area contributed by atoms with Crippen LogP contribution < -0.4 is 0 Å². The number of quaternary nitrogens is 1. The van der Waals surface area contributed by atoms with Crippen molar-refractivity contribution in [1.29, 1.82) is 0 Å². The molecule has 0 aromatic heterocycles. The molecule has 9 heteroatoms. The van der Waals surface area contributed by atoms with Gasteiger partial charge in [0.25, 0.3) is 6.04 Å². The predicted octanol–water partition coefficient (Wildman–Crippen LogP) is -0.337. The molecule has 0 aliphatic heterocycles. The van der Waals surface area contributed by atoms with Gasteiger partial charge in [-0.2, -0.15) is 9.68 Å². The van der Waals surface area contributed by atoms with E-state index in [1.54, 1.807) is 5.70 Å². The summed E-state index contributed by atoms with van der Waals surface area (Å²) in [5, 5.41) is 0. The quantitative estimate of drug-likeness (QED) is 0.168. The molecule has 0 N–H and O–H groups in total. The van der Waals surface area contributed by atoms with Crippen molar-refractivity contribution >= 4 is 21.5 Å². The number of carbonyl (C=O) groups excluding carboxylic acids is 2. The number of hydroxylamine groups is 4. The highest BCUT2D eigenvalue weighted by molar-refractivity contribution is 6.42. The number of carbonyl (C=O) groups is 2. The van der Waals surface area contributed by atoms with Gasteiger partial charge >= 0.3 is 11.9 Å². The van der Waals surface area contributed by atoms with Crippen molar-refractivity contribution in [3.05, 3.63) is 12.3 Å². The van der Waals surface area contributed by atoms with E-state index in [0.717, 1.165) is 0 Å². The molecule has 0 heterocycles. The average Bonchev–Trinajstić information content (AvgIpc) is 2.54. The molecule has 22 heavy (non-hydrogen) atoms. The van der Waals surface area contributed by atoms with Crippen LogP contribution in [0.4, 0.5) is 0 Å². The normalized spacial score (nSPS) is 14.6. The standard InChI is InChI=1S/C13H26NO7Si/c1-7-21-13(22-8-2)14(19-5,20-6)10(12(16)18-4)9-11(15)17-3/h8,10,13H,2,7,9,22H2,1,3-6H3/q+1. The lowest BCUT2D eigenvalue weighted by Crippen LogP contribution is -2.65. The van der Waals surface area contributed by atoms with Crippen LogP contribution in [-0.4, -0.2) is 73.2 Å². The summed E-state index contributed by atoms with van der Waals surface area (Å²) in [5.74, 6) is -1.80. The van der Waals surface area contributed by atoms with Crippen LogP contribution in [0.15, 0.2) is 12.3 Å². The van der Waals surface area contributed by atoms with E-state index in [9.17, 15) is 9.59 Å². The molecule has 0 amide bonds. The smallest absolute Gasteiger partial charge is 0.371 e. The van der Waals surface area contributed by atoms with Gasteiger partial charge in [-0.1, -0.05) is 5.70 Å². The average molecular weight is 336 g/mol. The topological polar surface area (TPSA) is 80.3 Å². The molecule has 0 aliphatic rings. The van der Waals surface area contributed by atoms with E-state index in [2.05, 4.69) is 11.3 Å². The predicted molar refractivity (Wildman–Crippen MR) is 80.9 cm³/mol. The van der Waals surface area contributed by atoms with Crippen molar-refractivity contribution in [1.82, 2.24) is 0 Å². The van der Waals surface area contributed by atoms with Crippen molar-refractivity contribution in [2.45, 2.75) is 25.2 Å². The molecule has 0 saturated heterocycles. The fourth-order valence-corrected chi connectivity index (χ4v) is 3.66. The largest absolute Gasteiger partial charge is 0.469 e. The minimum Gasteiger partial charge on any atom is -0.469 e. The molecule has 2 unspecified atom stereocenters. The molecule has 8 nitrogen and oxygen atoms in total. The number of hydrogen-bond acceptors (Lipinski definition) is 7. The van der Waals surface area contributed by atoms with E-state index in [-0.39, 0.29) is 6.42 Å². The first kappa shape index (κ1) is 20.7. The summed E-state index contributed by atoms with van der Waals surface area (Å²) in [6.45, 7) is 5.93. The summed E-state index contributed by atoms with van der Waals surface area (Å²) < 4.78 is 15.1. The first-order valence-electron chi connectivity index (χ1n) is 6.84. The molecular formula is C13H26NO7Si+. The highest BCUT2D eigenvalue weighted by atomic mass is 28.2. The third-order valence-corrected chi connectivity index (χ3v) is 4.68. The number of rotatable bonds is 11. The zero-order valence-corrected chi connectivity index (χ0v) is 15.3. The molecule has 0 saturated carbocycles. The Hall–Kier alpha value is -1.26. The van der Waals surface area contributed by atoms with Crippen molar-refractivity contribution in [2.75, 3.05) is 35.0 Å². The van der Waals surface area contributed by atoms with Crippen molar-refractivity contribution in [3.63, 3.8) is 0 Å². The molecule has 2 atom stereocenters. The van der Waals surface area contributed by atoms with Gasteiger partial charge < -0.3 is 14.2 Å².